The molecule has 0 aliphatic carbocycles. The first-order chi connectivity index (χ1) is 8.83. The van der Waals surface area contributed by atoms with Crippen LogP contribution in [0.1, 0.15) is 77.6 Å². The van der Waals surface area contributed by atoms with Crippen LogP contribution in [0.25, 0.3) is 0 Å². The lowest BCUT2D eigenvalue weighted by Gasteiger charge is -2.06. The largest absolute Gasteiger partial charge is 0.107 e. The molecule has 0 aromatic carbocycles. The first-order valence-corrected chi connectivity index (χ1v) is 9.93. The van der Waals surface area contributed by atoms with Crippen molar-refractivity contribution in [1.82, 2.24) is 0 Å². The molecule has 1 saturated heterocycles. The van der Waals surface area contributed by atoms with Crippen molar-refractivity contribution in [3.8, 4) is 0 Å². The smallest absolute Gasteiger partial charge is 0.104 e. The Hall–Kier alpha value is 0.790. The summed E-state index contributed by atoms with van der Waals surface area (Å²) in [6, 6.07) is 0. The van der Waals surface area contributed by atoms with Crippen molar-refractivity contribution in [2.24, 2.45) is 0 Å². The highest BCUT2D eigenvalue weighted by Crippen LogP contribution is 2.35. The highest BCUT2D eigenvalue weighted by atomic mass is 32.2. The molecule has 1 atom stereocenters. The van der Waals surface area contributed by atoms with Gasteiger partial charge in [-0.15, -0.1) is 23.5 Å². The van der Waals surface area contributed by atoms with Crippen molar-refractivity contribution < 1.29 is 0 Å². The summed E-state index contributed by atoms with van der Waals surface area (Å²) in [5, 5.41) is 0.830. The maximum Gasteiger partial charge on any atom is 0.104 e. The minimum atomic E-state index is 0.830. The van der Waals surface area contributed by atoms with Crippen LogP contribution in [0.5, 0.6) is 0 Å². The molecule has 0 saturated carbocycles. The van der Waals surface area contributed by atoms with Crippen molar-refractivity contribution in [2.75, 3.05) is 5.75 Å². The second-order valence-corrected chi connectivity index (χ2v) is 8.80. The van der Waals surface area contributed by atoms with E-state index in [9.17, 15) is 0 Å². The van der Waals surface area contributed by atoms with Crippen LogP contribution in [0.3, 0.4) is 0 Å². The third kappa shape index (κ3) is 8.82. The first-order valence-electron chi connectivity index (χ1n) is 7.66. The Bertz CT molecular complexity index is 216. The number of hydrogen-bond donors (Lipinski definition) is 0. The third-order valence-corrected chi connectivity index (χ3v) is 6.76. The molecule has 3 heteroatoms. The highest BCUT2D eigenvalue weighted by Gasteiger charge is 2.19. The van der Waals surface area contributed by atoms with Gasteiger partial charge in [-0.25, -0.2) is 0 Å². The molecule has 0 radical (unpaired) electrons. The summed E-state index contributed by atoms with van der Waals surface area (Å²) >= 11 is 9.02. The Balaban J connectivity index is 1.75. The van der Waals surface area contributed by atoms with Crippen LogP contribution in [0, 0.1) is 0 Å². The van der Waals surface area contributed by atoms with Crippen LogP contribution in [-0.4, -0.2) is 14.5 Å². The number of hydrogen-bond acceptors (Lipinski definition) is 3. The van der Waals surface area contributed by atoms with Gasteiger partial charge in [0.05, 0.1) is 0 Å². The predicted molar refractivity (Wildman–Crippen MR) is 92.9 cm³/mol. The minimum absolute atomic E-state index is 0.830. The lowest BCUT2D eigenvalue weighted by Crippen LogP contribution is -2.00. The van der Waals surface area contributed by atoms with Gasteiger partial charge in [-0.05, 0) is 6.42 Å². The summed E-state index contributed by atoms with van der Waals surface area (Å²) in [7, 11) is 0. The Morgan fingerprint density at radius 2 is 1.50 bits per heavy atom. The van der Waals surface area contributed by atoms with Crippen molar-refractivity contribution in [2.45, 2.75) is 82.8 Å². The molecular weight excluding hydrogens is 276 g/mol. The van der Waals surface area contributed by atoms with E-state index in [1.807, 2.05) is 23.5 Å². The van der Waals surface area contributed by atoms with Gasteiger partial charge in [0, 0.05) is 11.0 Å². The fourth-order valence-corrected chi connectivity index (χ4v) is 5.39. The van der Waals surface area contributed by atoms with Crippen LogP contribution in [0.2, 0.25) is 0 Å². The minimum Gasteiger partial charge on any atom is -0.107 e. The summed E-state index contributed by atoms with van der Waals surface area (Å²) in [5.74, 6) is 1.26. The maximum atomic E-state index is 5.20. The van der Waals surface area contributed by atoms with Crippen LogP contribution in [-0.2, 0) is 0 Å². The highest BCUT2D eigenvalue weighted by molar-refractivity contribution is 8.49. The molecule has 1 fully saturated rings. The Morgan fingerprint density at radius 3 is 2.00 bits per heavy atom. The zero-order valence-corrected chi connectivity index (χ0v) is 14.2. The molecule has 1 unspecified atom stereocenters. The number of unbranched alkanes of at least 4 members (excludes halogenated alkanes) is 9. The molecule has 1 aliphatic rings. The summed E-state index contributed by atoms with van der Waals surface area (Å²) in [6.45, 7) is 2.29. The van der Waals surface area contributed by atoms with Gasteiger partial charge in [-0.1, -0.05) is 83.3 Å². The van der Waals surface area contributed by atoms with Crippen molar-refractivity contribution in [1.29, 1.82) is 0 Å². The van der Waals surface area contributed by atoms with Crippen LogP contribution in [0.15, 0.2) is 0 Å². The first kappa shape index (κ1) is 16.8. The van der Waals surface area contributed by atoms with Gasteiger partial charge in [0.25, 0.3) is 0 Å². The SMILES string of the molecule is CCCCCCCCCCCCC1CSC(=S)S1. The van der Waals surface area contributed by atoms with E-state index in [0.717, 1.165) is 5.25 Å². The van der Waals surface area contributed by atoms with Gasteiger partial charge in [0.2, 0.25) is 0 Å². The van der Waals surface area contributed by atoms with E-state index >= 15 is 0 Å². The Morgan fingerprint density at radius 1 is 0.944 bits per heavy atom. The Labute approximate surface area is 127 Å². The fraction of sp³-hybridized carbons (Fsp3) is 0.933. The van der Waals surface area contributed by atoms with Crippen molar-refractivity contribution >= 4 is 39.3 Å². The van der Waals surface area contributed by atoms with E-state index in [-0.39, 0.29) is 0 Å². The molecule has 1 rings (SSSR count). The van der Waals surface area contributed by atoms with Gasteiger partial charge in [0.15, 0.2) is 0 Å². The van der Waals surface area contributed by atoms with E-state index in [1.165, 1.54) is 79.9 Å². The van der Waals surface area contributed by atoms with Crippen molar-refractivity contribution in [3.05, 3.63) is 0 Å². The molecule has 0 aromatic heterocycles. The van der Waals surface area contributed by atoms with Crippen LogP contribution in [0.4, 0.5) is 0 Å². The molecule has 0 aromatic rings. The van der Waals surface area contributed by atoms with Gasteiger partial charge in [-0.2, -0.15) is 0 Å². The third-order valence-electron chi connectivity index (χ3n) is 3.53. The monoisotopic (exact) mass is 304 g/mol. The second kappa shape index (κ2) is 11.6. The summed E-state index contributed by atoms with van der Waals surface area (Å²) < 4.78 is 1.17. The molecule has 1 heterocycles. The normalized spacial score (nSPS) is 19.6. The van der Waals surface area contributed by atoms with Gasteiger partial charge < -0.3 is 0 Å². The number of thioether (sulfide) groups is 2. The molecule has 0 bridgehead atoms. The molecule has 18 heavy (non-hydrogen) atoms. The quantitative estimate of drug-likeness (QED) is 0.319. The summed E-state index contributed by atoms with van der Waals surface area (Å²) in [5.41, 5.74) is 0. The number of rotatable bonds is 11. The molecule has 0 N–H and O–H groups in total. The van der Waals surface area contributed by atoms with Crippen molar-refractivity contribution in [3.63, 3.8) is 0 Å². The molecule has 1 aliphatic heterocycles. The lowest BCUT2D eigenvalue weighted by molar-refractivity contribution is 0.550. The zero-order chi connectivity index (χ0) is 13.1. The van der Waals surface area contributed by atoms with Gasteiger partial charge >= 0.3 is 0 Å². The van der Waals surface area contributed by atoms with Gasteiger partial charge in [-0.3, -0.25) is 0 Å². The van der Waals surface area contributed by atoms with E-state index < -0.39 is 0 Å². The van der Waals surface area contributed by atoms with Gasteiger partial charge in [0.1, 0.15) is 3.53 Å². The zero-order valence-electron chi connectivity index (χ0n) is 11.8. The van der Waals surface area contributed by atoms with E-state index in [4.69, 9.17) is 12.2 Å². The van der Waals surface area contributed by atoms with Crippen LogP contribution >= 0.6 is 35.7 Å². The molecule has 0 spiro atoms. The maximum absolute atomic E-state index is 5.20. The predicted octanol–water partition coefficient (Wildman–Crippen LogP) is 6.43. The average molecular weight is 305 g/mol. The topological polar surface area (TPSA) is 0 Å². The average Bonchev–Trinajstić information content (AvgIpc) is 2.77. The molecular formula is C15H28S3. The second-order valence-electron chi connectivity index (χ2n) is 5.27. The van der Waals surface area contributed by atoms with Crippen LogP contribution < -0.4 is 0 Å². The number of thiocarbonyl (C=S) groups is 1. The lowest BCUT2D eigenvalue weighted by atomic mass is 10.1. The van der Waals surface area contributed by atoms with E-state index in [0.29, 0.717) is 0 Å². The van der Waals surface area contributed by atoms with E-state index in [1.54, 1.807) is 0 Å². The standard InChI is InChI=1S/C15H28S3/c1-2-3-4-5-6-7-8-9-10-11-12-14-13-17-15(16)18-14/h14H,2-13H2,1H3. The molecule has 106 valence electrons. The molecule has 0 nitrogen and oxygen atoms in total. The Kier molecular flexibility index (Phi) is 10.9. The summed E-state index contributed by atoms with van der Waals surface area (Å²) in [4.78, 5) is 0. The summed E-state index contributed by atoms with van der Waals surface area (Å²) in [6.07, 6.45) is 15.8. The van der Waals surface area contributed by atoms with E-state index in [2.05, 4.69) is 6.92 Å². The fourth-order valence-electron chi connectivity index (χ4n) is 2.37. The molecule has 0 amide bonds.